The van der Waals surface area contributed by atoms with Gasteiger partial charge >= 0.3 is 12.1 Å². The fourth-order valence-electron chi connectivity index (χ4n) is 2.61. The van der Waals surface area contributed by atoms with Crippen LogP contribution in [0.4, 0.5) is 4.79 Å². The molecule has 124 valence electrons. The molecule has 0 aromatic carbocycles. The van der Waals surface area contributed by atoms with Crippen LogP contribution in [0, 0.1) is 5.92 Å². The summed E-state index contributed by atoms with van der Waals surface area (Å²) in [4.78, 5) is 26.9. The third-order valence-corrected chi connectivity index (χ3v) is 4.74. The lowest BCUT2D eigenvalue weighted by atomic mass is 9.93. The first kappa shape index (κ1) is 17.1. The molecule has 2 heterocycles. The number of nitrogens with zero attached hydrogens (tertiary/aromatic N) is 1. The highest BCUT2D eigenvalue weighted by molar-refractivity contribution is 8.04. The molecule has 0 radical (unpaired) electrons. The SMILES string of the molecule is CCOC(=O)[C@H]1C2=C(CN(C(=O)OC(C)(C)C)CC2)S[C@@H]1N. The highest BCUT2D eigenvalue weighted by Crippen LogP contribution is 2.44. The maximum Gasteiger partial charge on any atom is 0.410 e. The Labute approximate surface area is 135 Å². The Bertz CT molecular complexity index is 498. The fraction of sp³-hybridized carbons (Fsp3) is 0.733. The normalized spacial score (nSPS) is 25.0. The summed E-state index contributed by atoms with van der Waals surface area (Å²) >= 11 is 1.46. The molecule has 1 amide bonds. The number of rotatable bonds is 2. The lowest BCUT2D eigenvalue weighted by Gasteiger charge is -2.31. The fourth-order valence-corrected chi connectivity index (χ4v) is 3.96. The van der Waals surface area contributed by atoms with E-state index < -0.39 is 5.60 Å². The number of carbonyl (C=O) groups is 2. The molecule has 2 aliphatic rings. The van der Waals surface area contributed by atoms with Crippen LogP contribution in [0.1, 0.15) is 34.1 Å². The van der Waals surface area contributed by atoms with Crippen LogP contribution in [-0.4, -0.2) is 47.6 Å². The average molecular weight is 328 g/mol. The Balaban J connectivity index is 2.07. The van der Waals surface area contributed by atoms with Crippen molar-refractivity contribution < 1.29 is 19.1 Å². The quantitative estimate of drug-likeness (QED) is 0.782. The van der Waals surface area contributed by atoms with Crippen molar-refractivity contribution in [3.8, 4) is 0 Å². The summed E-state index contributed by atoms with van der Waals surface area (Å²) in [5.74, 6) is -0.654. The molecular formula is C15H24N2O4S. The number of esters is 1. The number of amides is 1. The van der Waals surface area contributed by atoms with Crippen LogP contribution in [-0.2, 0) is 14.3 Å². The Morgan fingerprint density at radius 1 is 1.41 bits per heavy atom. The summed E-state index contributed by atoms with van der Waals surface area (Å²) < 4.78 is 10.5. The van der Waals surface area contributed by atoms with E-state index in [4.69, 9.17) is 15.2 Å². The maximum absolute atomic E-state index is 12.2. The van der Waals surface area contributed by atoms with Gasteiger partial charge in [0, 0.05) is 11.4 Å². The smallest absolute Gasteiger partial charge is 0.410 e. The Morgan fingerprint density at radius 3 is 2.68 bits per heavy atom. The monoisotopic (exact) mass is 328 g/mol. The van der Waals surface area contributed by atoms with E-state index in [0.717, 1.165) is 10.5 Å². The summed E-state index contributed by atoms with van der Waals surface area (Å²) in [6.07, 6.45) is 0.312. The molecule has 0 saturated heterocycles. The maximum atomic E-state index is 12.2. The van der Waals surface area contributed by atoms with Gasteiger partial charge < -0.3 is 20.1 Å². The van der Waals surface area contributed by atoms with Crippen LogP contribution in [0.3, 0.4) is 0 Å². The van der Waals surface area contributed by atoms with Gasteiger partial charge in [0.25, 0.3) is 0 Å². The predicted molar refractivity (Wildman–Crippen MR) is 85.1 cm³/mol. The van der Waals surface area contributed by atoms with E-state index in [1.807, 2.05) is 20.8 Å². The summed E-state index contributed by atoms with van der Waals surface area (Å²) in [7, 11) is 0. The van der Waals surface area contributed by atoms with Crippen LogP contribution >= 0.6 is 11.8 Å². The van der Waals surface area contributed by atoms with E-state index in [2.05, 4.69) is 0 Å². The Hall–Kier alpha value is -1.21. The van der Waals surface area contributed by atoms with Crippen molar-refractivity contribution in [2.75, 3.05) is 19.7 Å². The van der Waals surface area contributed by atoms with Gasteiger partial charge in [-0.3, -0.25) is 4.79 Å². The third kappa shape index (κ3) is 3.76. The van der Waals surface area contributed by atoms with E-state index in [0.29, 0.717) is 26.1 Å². The largest absolute Gasteiger partial charge is 0.465 e. The molecule has 0 fully saturated rings. The average Bonchev–Trinajstić information content (AvgIpc) is 2.71. The zero-order valence-electron chi connectivity index (χ0n) is 13.5. The van der Waals surface area contributed by atoms with Gasteiger partial charge in [-0.2, -0.15) is 0 Å². The standard InChI is InChI=1S/C15H24N2O4S/c1-5-20-13(18)11-9-6-7-17(8-10(9)22-12(11)16)14(19)21-15(2,3)4/h11-12H,5-8,16H2,1-4H3/t11-,12-/m0/s1. The number of nitrogens with two attached hydrogens (primary N) is 1. The summed E-state index contributed by atoms with van der Waals surface area (Å²) in [6.45, 7) is 8.66. The van der Waals surface area contributed by atoms with Crippen molar-refractivity contribution in [1.82, 2.24) is 4.90 Å². The minimum atomic E-state index is -0.515. The molecule has 0 aromatic rings. The molecule has 2 aliphatic heterocycles. The molecule has 0 saturated carbocycles. The van der Waals surface area contributed by atoms with Crippen molar-refractivity contribution in [3.05, 3.63) is 10.5 Å². The zero-order valence-corrected chi connectivity index (χ0v) is 14.4. The van der Waals surface area contributed by atoms with Gasteiger partial charge in [-0.1, -0.05) is 0 Å². The van der Waals surface area contributed by atoms with Crippen molar-refractivity contribution in [3.63, 3.8) is 0 Å². The van der Waals surface area contributed by atoms with Gasteiger partial charge in [0.2, 0.25) is 0 Å². The zero-order chi connectivity index (χ0) is 16.5. The van der Waals surface area contributed by atoms with E-state index in [1.165, 1.54) is 11.8 Å². The summed E-state index contributed by atoms with van der Waals surface area (Å²) in [5, 5.41) is -0.331. The second kappa shape index (κ2) is 6.50. The Morgan fingerprint density at radius 2 is 2.09 bits per heavy atom. The number of hydrogen-bond acceptors (Lipinski definition) is 6. The molecule has 7 heteroatoms. The first-order valence-corrected chi connectivity index (χ1v) is 8.39. The van der Waals surface area contributed by atoms with Gasteiger partial charge in [-0.15, -0.1) is 11.8 Å². The topological polar surface area (TPSA) is 81.9 Å². The molecule has 0 aliphatic carbocycles. The first-order chi connectivity index (χ1) is 10.2. The number of ether oxygens (including phenoxy) is 2. The lowest BCUT2D eigenvalue weighted by Crippen LogP contribution is -2.41. The molecule has 2 atom stereocenters. The van der Waals surface area contributed by atoms with E-state index >= 15 is 0 Å². The molecule has 0 aromatic heterocycles. The van der Waals surface area contributed by atoms with Crippen LogP contribution in [0.2, 0.25) is 0 Å². The van der Waals surface area contributed by atoms with Gasteiger partial charge in [0.05, 0.1) is 18.5 Å². The number of thioether (sulfide) groups is 1. The molecule has 6 nitrogen and oxygen atoms in total. The highest BCUT2D eigenvalue weighted by Gasteiger charge is 2.42. The van der Waals surface area contributed by atoms with Gasteiger partial charge in [0.15, 0.2) is 0 Å². The van der Waals surface area contributed by atoms with E-state index in [-0.39, 0.29) is 23.4 Å². The third-order valence-electron chi connectivity index (χ3n) is 3.52. The van der Waals surface area contributed by atoms with Crippen LogP contribution in [0.25, 0.3) is 0 Å². The van der Waals surface area contributed by atoms with E-state index in [1.54, 1.807) is 11.8 Å². The molecule has 2 rings (SSSR count). The minimum absolute atomic E-state index is 0.266. The van der Waals surface area contributed by atoms with E-state index in [9.17, 15) is 9.59 Å². The summed E-state index contributed by atoms with van der Waals surface area (Å²) in [5.41, 5.74) is 6.59. The number of carbonyl (C=O) groups excluding carboxylic acids is 2. The van der Waals surface area contributed by atoms with Crippen molar-refractivity contribution in [2.24, 2.45) is 11.7 Å². The van der Waals surface area contributed by atoms with Crippen molar-refractivity contribution in [2.45, 2.75) is 45.1 Å². The van der Waals surface area contributed by atoms with Crippen LogP contribution < -0.4 is 5.73 Å². The second-order valence-corrected chi connectivity index (χ2v) is 7.69. The highest BCUT2D eigenvalue weighted by atomic mass is 32.2. The first-order valence-electron chi connectivity index (χ1n) is 7.51. The van der Waals surface area contributed by atoms with Gasteiger partial charge in [0.1, 0.15) is 11.5 Å². The molecule has 0 bridgehead atoms. The van der Waals surface area contributed by atoms with Crippen LogP contribution in [0.5, 0.6) is 0 Å². The number of hydrogen-bond donors (Lipinski definition) is 1. The summed E-state index contributed by atoms with van der Waals surface area (Å²) in [6, 6.07) is 0. The Kier molecular flexibility index (Phi) is 5.07. The van der Waals surface area contributed by atoms with Crippen LogP contribution in [0.15, 0.2) is 10.5 Å². The lowest BCUT2D eigenvalue weighted by molar-refractivity contribution is -0.146. The molecule has 0 unspecified atom stereocenters. The van der Waals surface area contributed by atoms with Gasteiger partial charge in [-0.25, -0.2) is 4.79 Å². The minimum Gasteiger partial charge on any atom is -0.465 e. The molecule has 2 N–H and O–H groups in total. The van der Waals surface area contributed by atoms with Crippen molar-refractivity contribution in [1.29, 1.82) is 0 Å². The van der Waals surface area contributed by atoms with Gasteiger partial charge in [-0.05, 0) is 39.7 Å². The molecule has 0 spiro atoms. The molecule has 22 heavy (non-hydrogen) atoms. The van der Waals surface area contributed by atoms with Crippen molar-refractivity contribution >= 4 is 23.8 Å². The second-order valence-electron chi connectivity index (χ2n) is 6.41. The predicted octanol–water partition coefficient (Wildman–Crippen LogP) is 2.09. The molecular weight excluding hydrogens is 304 g/mol.